The Morgan fingerprint density at radius 1 is 1.29 bits per heavy atom. The second-order valence-electron chi connectivity index (χ2n) is 4.89. The highest BCUT2D eigenvalue weighted by Gasteiger charge is 2.15. The van der Waals surface area contributed by atoms with Crippen LogP contribution >= 0.6 is 0 Å². The monoisotopic (exact) mass is 296 g/mol. The highest BCUT2D eigenvalue weighted by atomic mass is 19.1. The number of anilines is 1. The van der Waals surface area contributed by atoms with Crippen LogP contribution in [0.5, 0.6) is 0 Å². The van der Waals surface area contributed by atoms with Gasteiger partial charge in [-0.1, -0.05) is 0 Å². The number of hydrogen-bond acceptors (Lipinski definition) is 2. The van der Waals surface area contributed by atoms with Crippen molar-refractivity contribution >= 4 is 17.6 Å². The van der Waals surface area contributed by atoms with Crippen LogP contribution in [0.3, 0.4) is 0 Å². The molecule has 1 aromatic rings. The SMILES string of the molecule is NC(=NCC(=O)N1CCCCC1)Nc1cc(F)ccc1F. The third-order valence-corrected chi connectivity index (χ3v) is 3.28. The molecule has 1 saturated heterocycles. The van der Waals surface area contributed by atoms with Crippen molar-refractivity contribution in [2.24, 2.45) is 10.7 Å². The zero-order chi connectivity index (χ0) is 15.2. The molecule has 1 fully saturated rings. The first-order valence-corrected chi connectivity index (χ1v) is 6.86. The second kappa shape index (κ2) is 7.01. The van der Waals surface area contributed by atoms with E-state index >= 15 is 0 Å². The number of piperidine rings is 1. The maximum atomic E-state index is 13.4. The van der Waals surface area contributed by atoms with Gasteiger partial charge in [-0.15, -0.1) is 0 Å². The molecule has 1 aliphatic rings. The molecule has 1 aliphatic heterocycles. The van der Waals surface area contributed by atoms with Crippen LogP contribution in [0.25, 0.3) is 0 Å². The van der Waals surface area contributed by atoms with E-state index in [0.717, 1.165) is 50.6 Å². The second-order valence-corrected chi connectivity index (χ2v) is 4.89. The summed E-state index contributed by atoms with van der Waals surface area (Å²) in [6, 6.07) is 2.97. The Hall–Kier alpha value is -2.18. The number of halogens is 2. The smallest absolute Gasteiger partial charge is 0.244 e. The van der Waals surface area contributed by atoms with E-state index in [9.17, 15) is 13.6 Å². The average Bonchev–Trinajstić information content (AvgIpc) is 2.49. The quantitative estimate of drug-likeness (QED) is 0.659. The van der Waals surface area contributed by atoms with Gasteiger partial charge in [0.2, 0.25) is 5.91 Å². The molecule has 114 valence electrons. The van der Waals surface area contributed by atoms with E-state index in [0.29, 0.717) is 0 Å². The van der Waals surface area contributed by atoms with E-state index in [1.807, 2.05) is 0 Å². The molecule has 0 bridgehead atoms. The summed E-state index contributed by atoms with van der Waals surface area (Å²) in [5.74, 6) is -1.46. The number of benzene rings is 1. The summed E-state index contributed by atoms with van der Waals surface area (Å²) in [5, 5.41) is 2.45. The normalized spacial score (nSPS) is 15.9. The van der Waals surface area contributed by atoms with Gasteiger partial charge in [0.1, 0.15) is 18.2 Å². The van der Waals surface area contributed by atoms with Gasteiger partial charge in [0, 0.05) is 19.2 Å². The lowest BCUT2D eigenvalue weighted by atomic mass is 10.1. The summed E-state index contributed by atoms with van der Waals surface area (Å²) >= 11 is 0. The molecule has 7 heteroatoms. The molecule has 0 spiro atoms. The number of carbonyl (C=O) groups is 1. The van der Waals surface area contributed by atoms with Gasteiger partial charge >= 0.3 is 0 Å². The Bertz CT molecular complexity index is 542. The number of likely N-dealkylation sites (tertiary alicyclic amines) is 1. The maximum Gasteiger partial charge on any atom is 0.244 e. The van der Waals surface area contributed by atoms with Crippen LogP contribution in [0.15, 0.2) is 23.2 Å². The van der Waals surface area contributed by atoms with Crippen molar-refractivity contribution in [3.63, 3.8) is 0 Å². The van der Waals surface area contributed by atoms with E-state index in [2.05, 4.69) is 10.3 Å². The van der Waals surface area contributed by atoms with Gasteiger partial charge in [-0.2, -0.15) is 0 Å². The van der Waals surface area contributed by atoms with E-state index in [1.54, 1.807) is 4.90 Å². The summed E-state index contributed by atoms with van der Waals surface area (Å²) in [6.45, 7) is 1.37. The van der Waals surface area contributed by atoms with Crippen LogP contribution in [0.1, 0.15) is 19.3 Å². The Balaban J connectivity index is 1.91. The zero-order valence-corrected chi connectivity index (χ0v) is 11.6. The van der Waals surface area contributed by atoms with Crippen molar-refractivity contribution in [1.29, 1.82) is 0 Å². The molecule has 0 aromatic heterocycles. The van der Waals surface area contributed by atoms with Gasteiger partial charge in [0.15, 0.2) is 5.96 Å². The van der Waals surface area contributed by atoms with Gasteiger partial charge in [0.25, 0.3) is 0 Å². The molecule has 0 radical (unpaired) electrons. The summed E-state index contributed by atoms with van der Waals surface area (Å²) in [4.78, 5) is 17.5. The molecule has 0 saturated carbocycles. The standard InChI is InChI=1S/C14H18F2N4O/c15-10-4-5-11(16)12(8-10)19-14(17)18-9-13(21)20-6-2-1-3-7-20/h4-5,8H,1-3,6-7,9H2,(H3,17,18,19). The highest BCUT2D eigenvalue weighted by molar-refractivity contribution is 5.94. The summed E-state index contributed by atoms with van der Waals surface area (Å²) in [7, 11) is 0. The van der Waals surface area contributed by atoms with Crippen LogP contribution < -0.4 is 11.1 Å². The van der Waals surface area contributed by atoms with E-state index in [1.165, 1.54) is 0 Å². The van der Waals surface area contributed by atoms with Crippen LogP contribution in [0.2, 0.25) is 0 Å². The summed E-state index contributed by atoms with van der Waals surface area (Å²) < 4.78 is 26.4. The van der Waals surface area contributed by atoms with Crippen LogP contribution in [-0.2, 0) is 4.79 Å². The number of hydrogen-bond donors (Lipinski definition) is 2. The third-order valence-electron chi connectivity index (χ3n) is 3.28. The zero-order valence-electron chi connectivity index (χ0n) is 11.6. The van der Waals surface area contributed by atoms with E-state index in [-0.39, 0.29) is 24.1 Å². The molecule has 0 aliphatic carbocycles. The molecular formula is C14H18F2N4O. The molecule has 1 heterocycles. The first-order valence-electron chi connectivity index (χ1n) is 6.86. The number of nitrogens with one attached hydrogen (secondary N) is 1. The minimum Gasteiger partial charge on any atom is -0.370 e. The fourth-order valence-corrected chi connectivity index (χ4v) is 2.17. The first kappa shape index (κ1) is 15.2. The number of carbonyl (C=O) groups excluding carboxylic acids is 1. The number of nitrogens with zero attached hydrogens (tertiary/aromatic N) is 2. The lowest BCUT2D eigenvalue weighted by Crippen LogP contribution is -2.37. The van der Waals surface area contributed by atoms with Crippen molar-refractivity contribution in [2.75, 3.05) is 25.0 Å². The lowest BCUT2D eigenvalue weighted by molar-refractivity contribution is -0.130. The minimum absolute atomic E-state index is 0.101. The van der Waals surface area contributed by atoms with Crippen LogP contribution in [0, 0.1) is 11.6 Å². The van der Waals surface area contributed by atoms with Crippen LogP contribution in [0.4, 0.5) is 14.5 Å². The maximum absolute atomic E-state index is 13.4. The number of rotatable bonds is 3. The highest BCUT2D eigenvalue weighted by Crippen LogP contribution is 2.14. The molecule has 1 amide bonds. The summed E-state index contributed by atoms with van der Waals surface area (Å²) in [5.41, 5.74) is 5.47. The summed E-state index contributed by atoms with van der Waals surface area (Å²) in [6.07, 6.45) is 3.13. The molecule has 5 nitrogen and oxygen atoms in total. The number of guanidine groups is 1. The first-order chi connectivity index (χ1) is 10.1. The number of aliphatic imine (C=N–C) groups is 1. The van der Waals surface area contributed by atoms with Gasteiger partial charge in [0.05, 0.1) is 5.69 Å². The number of nitrogens with two attached hydrogens (primary N) is 1. The fraction of sp³-hybridized carbons (Fsp3) is 0.429. The van der Waals surface area contributed by atoms with Crippen molar-refractivity contribution in [3.8, 4) is 0 Å². The Morgan fingerprint density at radius 3 is 2.71 bits per heavy atom. The topological polar surface area (TPSA) is 70.7 Å². The molecule has 2 rings (SSSR count). The predicted molar refractivity (Wildman–Crippen MR) is 76.9 cm³/mol. The van der Waals surface area contributed by atoms with Crippen molar-refractivity contribution in [2.45, 2.75) is 19.3 Å². The largest absolute Gasteiger partial charge is 0.370 e. The Morgan fingerprint density at radius 2 is 2.00 bits per heavy atom. The molecule has 0 atom stereocenters. The van der Waals surface area contributed by atoms with Gasteiger partial charge in [-0.3, -0.25) is 4.79 Å². The van der Waals surface area contributed by atoms with Crippen molar-refractivity contribution in [3.05, 3.63) is 29.8 Å². The van der Waals surface area contributed by atoms with E-state index < -0.39 is 11.6 Å². The van der Waals surface area contributed by atoms with Crippen molar-refractivity contribution in [1.82, 2.24) is 4.90 Å². The van der Waals surface area contributed by atoms with Gasteiger partial charge < -0.3 is 16.0 Å². The van der Waals surface area contributed by atoms with Gasteiger partial charge in [-0.25, -0.2) is 13.8 Å². The van der Waals surface area contributed by atoms with Crippen LogP contribution in [-0.4, -0.2) is 36.4 Å². The lowest BCUT2D eigenvalue weighted by Gasteiger charge is -2.26. The molecular weight excluding hydrogens is 278 g/mol. The molecule has 1 aromatic carbocycles. The fourth-order valence-electron chi connectivity index (χ4n) is 2.17. The van der Waals surface area contributed by atoms with E-state index in [4.69, 9.17) is 5.73 Å². The average molecular weight is 296 g/mol. The molecule has 0 unspecified atom stereocenters. The molecule has 3 N–H and O–H groups in total. The third kappa shape index (κ3) is 4.40. The van der Waals surface area contributed by atoms with Crippen molar-refractivity contribution < 1.29 is 13.6 Å². The van der Waals surface area contributed by atoms with Gasteiger partial charge in [-0.05, 0) is 31.4 Å². The molecule has 21 heavy (non-hydrogen) atoms. The minimum atomic E-state index is -0.642. The Kier molecular flexibility index (Phi) is 5.08. The predicted octanol–water partition coefficient (Wildman–Crippen LogP) is 1.70. The number of amides is 1. The Labute approximate surface area is 121 Å².